The van der Waals surface area contributed by atoms with Crippen LogP contribution in [0.25, 0.3) is 0 Å². The summed E-state index contributed by atoms with van der Waals surface area (Å²) in [5.41, 5.74) is 2.19. The molecule has 0 amide bonds. The van der Waals surface area contributed by atoms with Crippen LogP contribution in [0.15, 0.2) is 23.1 Å². The van der Waals surface area contributed by atoms with Gasteiger partial charge in [0.15, 0.2) is 9.84 Å². The lowest BCUT2D eigenvalue weighted by Gasteiger charge is -2.22. The third kappa shape index (κ3) is 2.75. The Balaban J connectivity index is 2.28. The van der Waals surface area contributed by atoms with Gasteiger partial charge >= 0.3 is 0 Å². The number of hydrogen-bond acceptors (Lipinski definition) is 3. The topological polar surface area (TPSA) is 37.4 Å². The van der Waals surface area contributed by atoms with E-state index in [9.17, 15) is 8.42 Å². The summed E-state index contributed by atoms with van der Waals surface area (Å²) >= 11 is 0. The summed E-state index contributed by atoms with van der Waals surface area (Å²) in [6, 6.07) is 6.28. The first-order valence-electron chi connectivity index (χ1n) is 6.45. The van der Waals surface area contributed by atoms with E-state index >= 15 is 0 Å². The van der Waals surface area contributed by atoms with Gasteiger partial charge in [-0.25, -0.2) is 8.42 Å². The average molecular weight is 267 g/mol. The fraction of sp³-hybridized carbons (Fsp3) is 0.571. The monoisotopic (exact) mass is 267 g/mol. The van der Waals surface area contributed by atoms with Gasteiger partial charge < -0.3 is 0 Å². The molecule has 0 spiro atoms. The Hall–Kier alpha value is -0.870. The smallest absolute Gasteiger partial charge is 0.178 e. The molecule has 0 fully saturated rings. The van der Waals surface area contributed by atoms with Crippen molar-refractivity contribution < 1.29 is 8.42 Å². The molecule has 0 bridgehead atoms. The first kappa shape index (κ1) is 13.6. The van der Waals surface area contributed by atoms with Crippen LogP contribution in [-0.2, 0) is 22.8 Å². The van der Waals surface area contributed by atoms with Gasteiger partial charge in [-0.15, -0.1) is 0 Å². The van der Waals surface area contributed by atoms with Crippen molar-refractivity contribution in [3.05, 3.63) is 29.3 Å². The van der Waals surface area contributed by atoms with Gasteiger partial charge in [-0.2, -0.15) is 0 Å². The molecule has 4 heteroatoms. The van der Waals surface area contributed by atoms with Crippen LogP contribution in [0.2, 0.25) is 0 Å². The molecule has 2 rings (SSSR count). The molecule has 1 aliphatic heterocycles. The predicted molar refractivity (Wildman–Crippen MR) is 73.4 cm³/mol. The molecule has 0 saturated carbocycles. The Morgan fingerprint density at radius 2 is 2.06 bits per heavy atom. The molecule has 0 aliphatic carbocycles. The zero-order valence-electron chi connectivity index (χ0n) is 11.3. The Morgan fingerprint density at radius 1 is 1.33 bits per heavy atom. The largest absolute Gasteiger partial charge is 0.300 e. The number of rotatable bonds is 3. The van der Waals surface area contributed by atoms with Gasteiger partial charge in [0.1, 0.15) is 0 Å². The van der Waals surface area contributed by atoms with E-state index in [0.29, 0.717) is 16.7 Å². The number of hydrogen-bond donors (Lipinski definition) is 0. The van der Waals surface area contributed by atoms with Crippen molar-refractivity contribution in [2.45, 2.75) is 44.2 Å². The minimum Gasteiger partial charge on any atom is -0.300 e. The van der Waals surface area contributed by atoms with E-state index in [1.54, 1.807) is 6.07 Å². The van der Waals surface area contributed by atoms with Crippen molar-refractivity contribution in [3.8, 4) is 0 Å². The molecule has 0 radical (unpaired) electrons. The van der Waals surface area contributed by atoms with Crippen LogP contribution in [0.3, 0.4) is 0 Å². The molecule has 1 aromatic rings. The van der Waals surface area contributed by atoms with Gasteiger partial charge in [-0.3, -0.25) is 4.90 Å². The number of fused-ring (bicyclic) bond motifs is 1. The highest BCUT2D eigenvalue weighted by Crippen LogP contribution is 2.26. The van der Waals surface area contributed by atoms with Crippen LogP contribution in [-0.4, -0.2) is 32.2 Å². The van der Waals surface area contributed by atoms with Crippen LogP contribution in [0.1, 0.15) is 31.4 Å². The first-order valence-corrected chi connectivity index (χ1v) is 8.10. The van der Waals surface area contributed by atoms with E-state index in [1.165, 1.54) is 5.56 Å². The summed E-state index contributed by atoms with van der Waals surface area (Å²) in [7, 11) is -0.933. The van der Waals surface area contributed by atoms with E-state index in [1.807, 2.05) is 6.07 Å². The molecule has 3 nitrogen and oxygen atoms in total. The zero-order valence-corrected chi connectivity index (χ0v) is 12.1. The minimum atomic E-state index is -3.02. The maximum absolute atomic E-state index is 11.9. The fourth-order valence-corrected chi connectivity index (χ4v) is 3.84. The van der Waals surface area contributed by atoms with E-state index in [4.69, 9.17) is 0 Å². The number of sulfone groups is 1. The zero-order chi connectivity index (χ0) is 13.3. The Kier molecular flexibility index (Phi) is 3.78. The average Bonchev–Trinajstić information content (AvgIpc) is 2.28. The van der Waals surface area contributed by atoms with Crippen molar-refractivity contribution in [3.63, 3.8) is 0 Å². The van der Waals surface area contributed by atoms with Crippen molar-refractivity contribution in [1.29, 1.82) is 0 Å². The Morgan fingerprint density at radius 3 is 2.72 bits per heavy atom. The highest BCUT2D eigenvalue weighted by atomic mass is 32.2. The van der Waals surface area contributed by atoms with E-state index in [0.717, 1.165) is 24.9 Å². The van der Waals surface area contributed by atoms with Crippen LogP contribution in [0.5, 0.6) is 0 Å². The van der Waals surface area contributed by atoms with Crippen LogP contribution < -0.4 is 0 Å². The maximum Gasteiger partial charge on any atom is 0.178 e. The molecule has 1 aromatic carbocycles. The summed E-state index contributed by atoms with van der Waals surface area (Å²) in [4.78, 5) is 2.80. The SMILES string of the molecule is CC(C)N(C)Cc1ccc2c(c1)CCCS2(=O)=O. The summed E-state index contributed by atoms with van der Waals surface area (Å²) in [5.74, 6) is 0.297. The lowest BCUT2D eigenvalue weighted by molar-refractivity contribution is 0.265. The molecular formula is C14H21NO2S. The van der Waals surface area contributed by atoms with Gasteiger partial charge in [0.2, 0.25) is 0 Å². The van der Waals surface area contributed by atoms with Crippen LogP contribution >= 0.6 is 0 Å². The molecule has 0 aromatic heterocycles. The third-order valence-electron chi connectivity index (χ3n) is 3.63. The predicted octanol–water partition coefficient (Wildman–Crippen LogP) is 2.25. The highest BCUT2D eigenvalue weighted by Gasteiger charge is 2.23. The molecule has 0 atom stereocenters. The molecule has 1 aliphatic rings. The first-order chi connectivity index (χ1) is 8.40. The number of aryl methyl sites for hydroxylation is 1. The summed E-state index contributed by atoms with van der Waals surface area (Å²) in [6.45, 7) is 5.18. The van der Waals surface area contributed by atoms with Gasteiger partial charge in [-0.05, 0) is 50.9 Å². The van der Waals surface area contributed by atoms with Gasteiger partial charge in [0.25, 0.3) is 0 Å². The lowest BCUT2D eigenvalue weighted by atomic mass is 10.1. The van der Waals surface area contributed by atoms with Crippen molar-refractivity contribution >= 4 is 9.84 Å². The van der Waals surface area contributed by atoms with E-state index in [-0.39, 0.29) is 0 Å². The van der Waals surface area contributed by atoms with Crippen molar-refractivity contribution in [2.24, 2.45) is 0 Å². The molecule has 18 heavy (non-hydrogen) atoms. The molecular weight excluding hydrogens is 246 g/mol. The Labute approximate surface area is 110 Å². The van der Waals surface area contributed by atoms with E-state index in [2.05, 4.69) is 31.9 Å². The summed E-state index contributed by atoms with van der Waals surface area (Å²) < 4.78 is 23.8. The van der Waals surface area contributed by atoms with Gasteiger partial charge in [-0.1, -0.05) is 12.1 Å². The number of benzene rings is 1. The number of nitrogens with zero attached hydrogens (tertiary/aromatic N) is 1. The molecule has 1 heterocycles. The molecule has 0 saturated heterocycles. The van der Waals surface area contributed by atoms with E-state index < -0.39 is 9.84 Å². The summed E-state index contributed by atoms with van der Waals surface area (Å²) in [6.07, 6.45) is 1.63. The lowest BCUT2D eigenvalue weighted by Crippen LogP contribution is -2.26. The second-order valence-electron chi connectivity index (χ2n) is 5.37. The second-order valence-corrected chi connectivity index (χ2v) is 7.45. The van der Waals surface area contributed by atoms with Crippen LogP contribution in [0, 0.1) is 0 Å². The third-order valence-corrected chi connectivity index (χ3v) is 5.53. The van der Waals surface area contributed by atoms with Crippen LogP contribution in [0.4, 0.5) is 0 Å². The highest BCUT2D eigenvalue weighted by molar-refractivity contribution is 7.91. The Bertz CT molecular complexity index is 535. The quantitative estimate of drug-likeness (QED) is 0.843. The van der Waals surface area contributed by atoms with Crippen molar-refractivity contribution in [1.82, 2.24) is 4.90 Å². The van der Waals surface area contributed by atoms with Gasteiger partial charge in [0, 0.05) is 12.6 Å². The second kappa shape index (κ2) is 5.02. The maximum atomic E-state index is 11.9. The fourth-order valence-electron chi connectivity index (χ4n) is 2.26. The molecule has 100 valence electrons. The molecule has 0 N–H and O–H groups in total. The minimum absolute atomic E-state index is 0.297. The summed E-state index contributed by atoms with van der Waals surface area (Å²) in [5, 5.41) is 0. The normalized spacial score (nSPS) is 18.1. The van der Waals surface area contributed by atoms with Gasteiger partial charge in [0.05, 0.1) is 10.6 Å². The van der Waals surface area contributed by atoms with Crippen molar-refractivity contribution in [2.75, 3.05) is 12.8 Å². The molecule has 0 unspecified atom stereocenters. The standard InChI is InChI=1S/C14H21NO2S/c1-11(2)15(3)10-12-6-7-14-13(9-12)5-4-8-18(14,16)17/h6-7,9,11H,4-5,8,10H2,1-3H3.